The SMILES string of the molecule is Cc1ccc(S(=O)(=O)N(CC[C@H](Cc2ccccc2)NC(=O)OC2CCOC2)CC(C)C)cc1. The number of hydrogen-bond donors (Lipinski definition) is 1. The smallest absolute Gasteiger partial charge is 0.407 e. The van der Waals surface area contributed by atoms with E-state index in [0.717, 1.165) is 11.1 Å². The molecular formula is C26H36N2O5S. The lowest BCUT2D eigenvalue weighted by Gasteiger charge is -2.27. The van der Waals surface area contributed by atoms with E-state index in [2.05, 4.69) is 5.32 Å². The molecule has 7 nitrogen and oxygen atoms in total. The van der Waals surface area contributed by atoms with Crippen molar-refractivity contribution in [3.05, 3.63) is 65.7 Å². The zero-order valence-corrected chi connectivity index (χ0v) is 21.1. The maximum absolute atomic E-state index is 13.4. The first-order valence-electron chi connectivity index (χ1n) is 11.9. The molecule has 0 bridgehead atoms. The second kappa shape index (κ2) is 12.3. The molecule has 1 amide bonds. The molecule has 2 aromatic rings. The molecule has 1 aliphatic heterocycles. The van der Waals surface area contributed by atoms with Crippen molar-refractivity contribution in [1.29, 1.82) is 0 Å². The van der Waals surface area contributed by atoms with Gasteiger partial charge in [0.25, 0.3) is 0 Å². The maximum atomic E-state index is 13.4. The predicted molar refractivity (Wildman–Crippen MR) is 132 cm³/mol. The van der Waals surface area contributed by atoms with Gasteiger partial charge in [-0.05, 0) is 43.4 Å². The van der Waals surface area contributed by atoms with Gasteiger partial charge in [0, 0.05) is 25.6 Å². The molecule has 1 unspecified atom stereocenters. The number of alkyl carbamates (subject to hydrolysis) is 1. The second-order valence-corrected chi connectivity index (χ2v) is 11.2. The summed E-state index contributed by atoms with van der Waals surface area (Å²) in [4.78, 5) is 12.8. The Morgan fingerprint density at radius 2 is 1.85 bits per heavy atom. The third-order valence-corrected chi connectivity index (χ3v) is 7.64. The van der Waals surface area contributed by atoms with Crippen molar-refractivity contribution in [3.63, 3.8) is 0 Å². The Morgan fingerprint density at radius 3 is 2.47 bits per heavy atom. The number of ether oxygens (including phenoxy) is 2. The molecule has 0 radical (unpaired) electrons. The summed E-state index contributed by atoms with van der Waals surface area (Å²) in [5.74, 6) is 0.160. The van der Waals surface area contributed by atoms with Crippen LogP contribution in [0.3, 0.4) is 0 Å². The van der Waals surface area contributed by atoms with Crippen molar-refractivity contribution in [2.24, 2.45) is 5.92 Å². The molecule has 1 fully saturated rings. The topological polar surface area (TPSA) is 84.9 Å². The minimum Gasteiger partial charge on any atom is -0.444 e. The van der Waals surface area contributed by atoms with Crippen LogP contribution in [-0.2, 0) is 25.9 Å². The standard InChI is InChI=1S/C26H36N2O5S/c1-20(2)18-28(34(30,31)25-11-9-21(3)10-12-25)15-13-23(17-22-7-5-4-6-8-22)27-26(29)33-24-14-16-32-19-24/h4-12,20,23-24H,13-19H2,1-3H3,(H,27,29)/t23-,24?/m1/s1. The summed E-state index contributed by atoms with van der Waals surface area (Å²) in [6.45, 7) is 7.62. The van der Waals surface area contributed by atoms with Crippen LogP contribution in [0.5, 0.6) is 0 Å². The Labute approximate surface area is 203 Å². The molecule has 2 aromatic carbocycles. The van der Waals surface area contributed by atoms with Crippen LogP contribution in [0, 0.1) is 12.8 Å². The summed E-state index contributed by atoms with van der Waals surface area (Å²) in [7, 11) is -3.66. The summed E-state index contributed by atoms with van der Waals surface area (Å²) < 4.78 is 39.1. The van der Waals surface area contributed by atoms with Gasteiger partial charge >= 0.3 is 6.09 Å². The minimum atomic E-state index is -3.66. The molecule has 1 saturated heterocycles. The fourth-order valence-corrected chi connectivity index (χ4v) is 5.58. The van der Waals surface area contributed by atoms with E-state index in [9.17, 15) is 13.2 Å². The molecule has 2 atom stereocenters. The molecule has 1 aliphatic rings. The second-order valence-electron chi connectivity index (χ2n) is 9.28. The summed E-state index contributed by atoms with van der Waals surface area (Å²) in [5.41, 5.74) is 2.07. The number of rotatable bonds is 11. The Balaban J connectivity index is 1.73. The van der Waals surface area contributed by atoms with E-state index >= 15 is 0 Å². The highest BCUT2D eigenvalue weighted by Gasteiger charge is 2.27. The Bertz CT molecular complexity index is 1000. The van der Waals surface area contributed by atoms with Gasteiger partial charge < -0.3 is 14.8 Å². The molecule has 34 heavy (non-hydrogen) atoms. The molecule has 8 heteroatoms. The van der Waals surface area contributed by atoms with Crippen LogP contribution in [0.1, 0.15) is 37.8 Å². The number of hydrogen-bond acceptors (Lipinski definition) is 5. The molecular weight excluding hydrogens is 452 g/mol. The van der Waals surface area contributed by atoms with Crippen LogP contribution in [-0.4, -0.2) is 57.3 Å². The zero-order valence-electron chi connectivity index (χ0n) is 20.3. The average Bonchev–Trinajstić information content (AvgIpc) is 3.30. The van der Waals surface area contributed by atoms with Gasteiger partial charge in [0.15, 0.2) is 0 Å². The van der Waals surface area contributed by atoms with Crippen LogP contribution in [0.4, 0.5) is 4.79 Å². The number of nitrogens with zero attached hydrogens (tertiary/aromatic N) is 1. The first-order chi connectivity index (χ1) is 16.2. The van der Waals surface area contributed by atoms with E-state index in [1.165, 1.54) is 4.31 Å². The first kappa shape index (κ1) is 26.2. The van der Waals surface area contributed by atoms with Crippen molar-refractivity contribution < 1.29 is 22.7 Å². The fraction of sp³-hybridized carbons (Fsp3) is 0.500. The van der Waals surface area contributed by atoms with Crippen LogP contribution >= 0.6 is 0 Å². The monoisotopic (exact) mass is 488 g/mol. The molecule has 0 aliphatic carbocycles. The van der Waals surface area contributed by atoms with E-state index < -0.39 is 16.1 Å². The molecule has 0 spiro atoms. The van der Waals surface area contributed by atoms with Crippen molar-refractivity contribution in [2.45, 2.75) is 57.1 Å². The van der Waals surface area contributed by atoms with E-state index in [1.807, 2.05) is 63.2 Å². The van der Waals surface area contributed by atoms with Crippen LogP contribution < -0.4 is 5.32 Å². The average molecular weight is 489 g/mol. The van der Waals surface area contributed by atoms with E-state index in [1.54, 1.807) is 12.1 Å². The van der Waals surface area contributed by atoms with Gasteiger partial charge in [0.2, 0.25) is 10.0 Å². The third-order valence-electron chi connectivity index (χ3n) is 5.76. The van der Waals surface area contributed by atoms with Crippen molar-refractivity contribution in [3.8, 4) is 0 Å². The molecule has 1 N–H and O–H groups in total. The molecule has 3 rings (SSSR count). The lowest BCUT2D eigenvalue weighted by atomic mass is 10.0. The Kier molecular flexibility index (Phi) is 9.50. The van der Waals surface area contributed by atoms with Gasteiger partial charge in [0.1, 0.15) is 6.10 Å². The predicted octanol–water partition coefficient (Wildman–Crippen LogP) is 4.16. The Hall–Kier alpha value is -2.42. The molecule has 0 aromatic heterocycles. The highest BCUT2D eigenvalue weighted by molar-refractivity contribution is 7.89. The molecule has 0 saturated carbocycles. The largest absolute Gasteiger partial charge is 0.444 e. The maximum Gasteiger partial charge on any atom is 0.407 e. The van der Waals surface area contributed by atoms with E-state index in [-0.39, 0.29) is 23.0 Å². The van der Waals surface area contributed by atoms with Crippen LogP contribution in [0.15, 0.2) is 59.5 Å². The van der Waals surface area contributed by atoms with Gasteiger partial charge in [-0.1, -0.05) is 61.9 Å². The zero-order chi connectivity index (χ0) is 24.6. The number of aryl methyl sites for hydroxylation is 1. The van der Waals surface area contributed by atoms with Crippen molar-refractivity contribution in [1.82, 2.24) is 9.62 Å². The van der Waals surface area contributed by atoms with E-state index in [4.69, 9.17) is 9.47 Å². The van der Waals surface area contributed by atoms with Crippen LogP contribution in [0.2, 0.25) is 0 Å². The van der Waals surface area contributed by atoms with Crippen molar-refractivity contribution in [2.75, 3.05) is 26.3 Å². The number of benzene rings is 2. The number of nitrogens with one attached hydrogen (secondary N) is 1. The normalized spacial score (nSPS) is 17.1. The van der Waals surface area contributed by atoms with E-state index in [0.29, 0.717) is 45.6 Å². The number of carbonyl (C=O) groups excluding carboxylic acids is 1. The third kappa shape index (κ3) is 7.82. The highest BCUT2D eigenvalue weighted by Crippen LogP contribution is 2.19. The summed E-state index contributed by atoms with van der Waals surface area (Å²) in [5, 5.41) is 2.96. The lowest BCUT2D eigenvalue weighted by Crippen LogP contribution is -2.42. The summed E-state index contributed by atoms with van der Waals surface area (Å²) in [6.07, 6.45) is 0.999. The van der Waals surface area contributed by atoms with Gasteiger partial charge in [-0.25, -0.2) is 13.2 Å². The number of amides is 1. The first-order valence-corrected chi connectivity index (χ1v) is 13.3. The Morgan fingerprint density at radius 1 is 1.15 bits per heavy atom. The highest BCUT2D eigenvalue weighted by atomic mass is 32.2. The minimum absolute atomic E-state index is 0.160. The number of carbonyl (C=O) groups is 1. The van der Waals surface area contributed by atoms with Gasteiger partial charge in [0.05, 0.1) is 18.1 Å². The van der Waals surface area contributed by atoms with Gasteiger partial charge in [-0.3, -0.25) is 0 Å². The quantitative estimate of drug-likeness (QED) is 0.513. The summed E-state index contributed by atoms with van der Waals surface area (Å²) in [6, 6.07) is 16.5. The summed E-state index contributed by atoms with van der Waals surface area (Å²) >= 11 is 0. The number of sulfonamides is 1. The van der Waals surface area contributed by atoms with Crippen molar-refractivity contribution >= 4 is 16.1 Å². The fourth-order valence-electron chi connectivity index (χ4n) is 3.96. The lowest BCUT2D eigenvalue weighted by molar-refractivity contribution is 0.0803. The molecule has 1 heterocycles. The molecule has 186 valence electrons. The van der Waals surface area contributed by atoms with Gasteiger partial charge in [-0.15, -0.1) is 0 Å². The van der Waals surface area contributed by atoms with Crippen LogP contribution in [0.25, 0.3) is 0 Å². The van der Waals surface area contributed by atoms with Gasteiger partial charge in [-0.2, -0.15) is 4.31 Å².